The third-order valence-corrected chi connectivity index (χ3v) is 4.43. The Morgan fingerprint density at radius 3 is 3.04 bits per heavy atom. The van der Waals surface area contributed by atoms with Crippen LogP contribution in [0.1, 0.15) is 11.7 Å². The third kappa shape index (κ3) is 4.06. The van der Waals surface area contributed by atoms with Gasteiger partial charge in [-0.2, -0.15) is 0 Å². The molecule has 3 aromatic rings. The van der Waals surface area contributed by atoms with Crippen molar-refractivity contribution in [1.82, 2.24) is 15.0 Å². The zero-order valence-electron chi connectivity index (χ0n) is 15.0. The van der Waals surface area contributed by atoms with Gasteiger partial charge in [0.2, 0.25) is 0 Å². The summed E-state index contributed by atoms with van der Waals surface area (Å²) < 4.78 is 25.4. The zero-order chi connectivity index (χ0) is 20.4. The Kier molecular flexibility index (Phi) is 5.53. The molecule has 0 unspecified atom stereocenters. The molecule has 0 fully saturated rings. The molecule has 1 amide bonds. The Morgan fingerprint density at radius 2 is 2.33 bits per heavy atom. The van der Waals surface area contributed by atoms with Gasteiger partial charge in [0.1, 0.15) is 5.52 Å². The van der Waals surface area contributed by atoms with E-state index in [0.717, 1.165) is 0 Å². The van der Waals surface area contributed by atoms with Crippen LogP contribution < -0.4 is 10.8 Å². The Labute approximate surface area is 168 Å². The first kappa shape index (κ1) is 18.2. The zero-order valence-corrected chi connectivity index (χ0v) is 16.4. The summed E-state index contributed by atoms with van der Waals surface area (Å²) in [5.74, 6) is -1.51. The van der Waals surface area contributed by atoms with E-state index in [1.165, 1.54) is 18.5 Å². The highest BCUT2D eigenvalue weighted by molar-refractivity contribution is 9.10. The van der Waals surface area contributed by atoms with Gasteiger partial charge in [-0.3, -0.25) is 9.63 Å². The van der Waals surface area contributed by atoms with E-state index in [2.05, 4.69) is 31.7 Å². The molecule has 0 radical (unpaired) electrons. The second-order valence-electron chi connectivity index (χ2n) is 5.51. The summed E-state index contributed by atoms with van der Waals surface area (Å²) in [7, 11) is 1.67. The molecule has 0 saturated carbocycles. The minimum absolute atomic E-state index is 0.00258. The van der Waals surface area contributed by atoms with Gasteiger partial charge in [0, 0.05) is 11.5 Å². The van der Waals surface area contributed by atoms with E-state index in [9.17, 15) is 4.79 Å². The van der Waals surface area contributed by atoms with E-state index in [4.69, 9.17) is 22.9 Å². The number of hydrogen-bond donors (Lipinski definition) is 3. The number of carbonyl (C=O) groups is 1. The number of aryl methyl sites for hydroxylation is 1. The van der Waals surface area contributed by atoms with Crippen molar-refractivity contribution in [1.29, 1.82) is 0 Å². The Hall–Kier alpha value is -2.20. The van der Waals surface area contributed by atoms with E-state index >= 15 is 4.39 Å². The predicted octanol–water partition coefficient (Wildman–Crippen LogP) is 3.53. The van der Waals surface area contributed by atoms with Gasteiger partial charge < -0.3 is 15.0 Å². The van der Waals surface area contributed by atoms with E-state index in [1.54, 1.807) is 17.7 Å². The molecule has 0 atom stereocenters. The summed E-state index contributed by atoms with van der Waals surface area (Å²) in [4.78, 5) is 21.4. The van der Waals surface area contributed by atoms with E-state index < -0.39 is 11.7 Å². The smallest absolute Gasteiger partial charge is 0.277 e. The monoisotopic (exact) mass is 457 g/mol. The maximum atomic E-state index is 15.2. The van der Waals surface area contributed by atoms with E-state index in [-0.39, 0.29) is 46.7 Å². The molecule has 7 nitrogen and oxygen atoms in total. The highest BCUT2D eigenvalue weighted by Crippen LogP contribution is 2.34. The van der Waals surface area contributed by atoms with Gasteiger partial charge >= 0.3 is 0 Å². The van der Waals surface area contributed by atoms with E-state index in [0.29, 0.717) is 9.99 Å². The molecule has 27 heavy (non-hydrogen) atoms. The lowest BCUT2D eigenvalue weighted by molar-refractivity contribution is 0.0169. The number of rotatable bonds is 6. The number of aromatic nitrogens is 2. The number of halogens is 3. The molecule has 1 heterocycles. The average molecular weight is 459 g/mol. The van der Waals surface area contributed by atoms with Gasteiger partial charge in [-0.1, -0.05) is 27.5 Å². The Balaban J connectivity index is 2.13. The summed E-state index contributed by atoms with van der Waals surface area (Å²) >= 11 is 9.42. The molecule has 1 aromatic heterocycles. The van der Waals surface area contributed by atoms with Crippen molar-refractivity contribution in [2.75, 3.05) is 18.5 Å². The van der Waals surface area contributed by atoms with Crippen molar-refractivity contribution in [3.8, 4) is 0 Å². The lowest BCUT2D eigenvalue weighted by atomic mass is 10.1. The van der Waals surface area contributed by atoms with Gasteiger partial charge in [0.15, 0.2) is 5.82 Å². The number of nitrogens with zero attached hydrogens (tertiary/aromatic N) is 2. The van der Waals surface area contributed by atoms with Gasteiger partial charge in [-0.15, -0.1) is 0 Å². The normalized spacial score (nSPS) is 11.5. The van der Waals surface area contributed by atoms with Crippen molar-refractivity contribution in [3.63, 3.8) is 0 Å². The molecule has 0 aliphatic rings. The lowest BCUT2D eigenvalue weighted by Crippen LogP contribution is -2.26. The molecule has 10 heteroatoms. The fourth-order valence-electron chi connectivity index (χ4n) is 2.41. The molecule has 2 aromatic carbocycles. The second-order valence-corrected chi connectivity index (χ2v) is 6.83. The number of amides is 1. The van der Waals surface area contributed by atoms with Crippen LogP contribution in [0.25, 0.3) is 11.0 Å². The number of hydroxylamine groups is 1. The maximum absolute atomic E-state index is 15.2. The fraction of sp³-hybridized carbons (Fsp3) is 0.176. The number of carbonyl (C=O) groups excluding carboxylic acids is 1. The van der Waals surface area contributed by atoms with Crippen molar-refractivity contribution < 1.29 is 20.5 Å². The van der Waals surface area contributed by atoms with Crippen LogP contribution in [0.3, 0.4) is 0 Å². The largest absolute Gasteiger partial charge is 0.394 e. The molecule has 0 spiro atoms. The first-order valence-corrected chi connectivity index (χ1v) is 8.89. The molecule has 0 aliphatic carbocycles. The van der Waals surface area contributed by atoms with Crippen LogP contribution in [0.5, 0.6) is 0 Å². The van der Waals surface area contributed by atoms with Crippen molar-refractivity contribution in [3.05, 3.63) is 51.4 Å². The van der Waals surface area contributed by atoms with Crippen LogP contribution in [-0.4, -0.2) is 33.8 Å². The number of aliphatic hydroxyl groups is 1. The molecule has 3 N–H and O–H groups in total. The van der Waals surface area contributed by atoms with Crippen LogP contribution >= 0.6 is 27.5 Å². The van der Waals surface area contributed by atoms with E-state index in [1.807, 2.05) is 0 Å². The minimum Gasteiger partial charge on any atom is -0.394 e. The molecule has 3 rings (SSSR count). The highest BCUT2D eigenvalue weighted by atomic mass is 79.9. The molecular weight excluding hydrogens is 443 g/mol. The minimum atomic E-state index is -0.774. The van der Waals surface area contributed by atoms with Gasteiger partial charge in [0.25, 0.3) is 5.91 Å². The molecule has 0 saturated heterocycles. The number of aliphatic hydroxyl groups excluding tert-OH is 1. The number of imidazole rings is 1. The molecule has 0 bridgehead atoms. The standard InChI is InChI=1S/C17H15BrClFN4O3/c1-24-8-21-16-13(24)7-10(17(26)23-27-5-4-25)15(14(16)20)22-12-3-2-9(18)6-11(12)19/h2-3,6-8,22,25H,4-5H2,1H3,(H,23,26)/i3D. The third-order valence-electron chi connectivity index (χ3n) is 3.67. The molecular formula is C17H15BrClFN4O3. The summed E-state index contributed by atoms with van der Waals surface area (Å²) in [5.41, 5.74) is 2.44. The first-order valence-electron chi connectivity index (χ1n) is 8.22. The number of benzene rings is 2. The van der Waals surface area contributed by atoms with Gasteiger partial charge in [0.05, 0.1) is 48.4 Å². The van der Waals surface area contributed by atoms with Crippen molar-refractivity contribution in [2.24, 2.45) is 7.05 Å². The summed E-state index contributed by atoms with van der Waals surface area (Å²) in [6.07, 6.45) is 1.42. The maximum Gasteiger partial charge on any atom is 0.277 e. The highest BCUT2D eigenvalue weighted by Gasteiger charge is 2.22. The predicted molar refractivity (Wildman–Crippen MR) is 104 cm³/mol. The average Bonchev–Trinajstić information content (AvgIpc) is 3.00. The number of fused-ring (bicyclic) bond motifs is 1. The second kappa shape index (κ2) is 8.22. The number of hydrogen-bond acceptors (Lipinski definition) is 5. The first-order chi connectivity index (χ1) is 13.3. The fourth-order valence-corrected chi connectivity index (χ4v) is 3.10. The Bertz CT molecular complexity index is 1040. The number of anilines is 2. The molecule has 0 aliphatic heterocycles. The molecule has 142 valence electrons. The van der Waals surface area contributed by atoms with Gasteiger partial charge in [-0.25, -0.2) is 14.9 Å². The Morgan fingerprint density at radius 1 is 1.56 bits per heavy atom. The van der Waals surface area contributed by atoms with Crippen LogP contribution in [0.4, 0.5) is 15.8 Å². The van der Waals surface area contributed by atoms with Gasteiger partial charge in [-0.05, 0) is 24.2 Å². The topological polar surface area (TPSA) is 88.4 Å². The lowest BCUT2D eigenvalue weighted by Gasteiger charge is -2.15. The van der Waals surface area contributed by atoms with Crippen LogP contribution in [-0.2, 0) is 11.9 Å². The SMILES string of the molecule is [2H]c1cc(Br)cc(Cl)c1Nc1c(C(=O)NOCCO)cc2c(ncn2C)c1F. The number of nitrogens with one attached hydrogen (secondary N) is 2. The summed E-state index contributed by atoms with van der Waals surface area (Å²) in [6, 6.07) is 4.48. The van der Waals surface area contributed by atoms with Crippen molar-refractivity contribution >= 4 is 55.8 Å². The van der Waals surface area contributed by atoms with Crippen LogP contribution in [0, 0.1) is 5.82 Å². The summed E-state index contributed by atoms with van der Waals surface area (Å²) in [6.45, 7) is -0.419. The summed E-state index contributed by atoms with van der Waals surface area (Å²) in [5, 5.41) is 11.7. The van der Waals surface area contributed by atoms with Crippen molar-refractivity contribution in [2.45, 2.75) is 0 Å². The van der Waals surface area contributed by atoms with Crippen LogP contribution in [0.15, 0.2) is 35.0 Å². The quantitative estimate of drug-likeness (QED) is 0.388. The van der Waals surface area contributed by atoms with Crippen LogP contribution in [0.2, 0.25) is 5.02 Å².